The van der Waals surface area contributed by atoms with Crippen LogP contribution in [0.4, 0.5) is 15.3 Å². The number of amides is 5. The molecule has 4 N–H and O–H groups in total. The van der Waals surface area contributed by atoms with E-state index in [1.807, 2.05) is 0 Å². The standard InChI is InChI=1S/C21H18N4O6S/c22-20(28)24-14-4-2-13(3-5-14)18(26)23-7-8-25-19(27)17(32-21(25)29)10-12-1-6-15-16(9-12)31-11-30-15/h1-6,9-10H,7-8,11H2,(H,23,26)(H3,22,24,28)/b17-10-. The zero-order valence-corrected chi connectivity index (χ0v) is 17.4. The van der Waals surface area contributed by atoms with E-state index in [0.717, 1.165) is 16.7 Å². The van der Waals surface area contributed by atoms with Gasteiger partial charge in [-0.1, -0.05) is 6.07 Å². The van der Waals surface area contributed by atoms with Crippen molar-refractivity contribution in [3.8, 4) is 11.5 Å². The molecule has 2 aliphatic rings. The van der Waals surface area contributed by atoms with Gasteiger partial charge in [0.1, 0.15) is 0 Å². The van der Waals surface area contributed by atoms with Crippen LogP contribution in [0.3, 0.4) is 0 Å². The van der Waals surface area contributed by atoms with Crippen molar-refractivity contribution in [3.05, 3.63) is 58.5 Å². The fraction of sp³-hybridized carbons (Fsp3) is 0.143. The molecule has 10 nitrogen and oxygen atoms in total. The second-order valence-electron chi connectivity index (χ2n) is 6.77. The maximum atomic E-state index is 12.6. The van der Waals surface area contributed by atoms with E-state index in [4.69, 9.17) is 15.2 Å². The number of urea groups is 1. The fourth-order valence-corrected chi connectivity index (χ4v) is 3.94. The summed E-state index contributed by atoms with van der Waals surface area (Å²) in [5.41, 5.74) is 6.57. The van der Waals surface area contributed by atoms with Crippen LogP contribution in [-0.2, 0) is 4.79 Å². The summed E-state index contributed by atoms with van der Waals surface area (Å²) < 4.78 is 10.6. The van der Waals surface area contributed by atoms with Crippen LogP contribution < -0.4 is 25.8 Å². The van der Waals surface area contributed by atoms with Crippen molar-refractivity contribution in [2.75, 3.05) is 25.2 Å². The van der Waals surface area contributed by atoms with Gasteiger partial charge in [0.2, 0.25) is 6.79 Å². The van der Waals surface area contributed by atoms with E-state index in [-0.39, 0.29) is 30.7 Å². The number of rotatable bonds is 6. The maximum Gasteiger partial charge on any atom is 0.316 e. The lowest BCUT2D eigenvalue weighted by atomic mass is 10.2. The molecule has 11 heteroatoms. The molecule has 0 aromatic heterocycles. The van der Waals surface area contributed by atoms with Crippen LogP contribution in [0.1, 0.15) is 15.9 Å². The molecule has 2 aromatic rings. The Hall–Kier alpha value is -3.99. The van der Waals surface area contributed by atoms with Crippen molar-refractivity contribution in [2.24, 2.45) is 5.73 Å². The van der Waals surface area contributed by atoms with Gasteiger partial charge in [-0.3, -0.25) is 19.3 Å². The van der Waals surface area contributed by atoms with Crippen molar-refractivity contribution in [1.29, 1.82) is 0 Å². The highest BCUT2D eigenvalue weighted by Gasteiger charge is 2.34. The first-order valence-electron chi connectivity index (χ1n) is 9.50. The summed E-state index contributed by atoms with van der Waals surface area (Å²) in [4.78, 5) is 49.4. The SMILES string of the molecule is NC(=O)Nc1ccc(C(=O)NCCN2C(=O)S/C(=C\c3ccc4c(c3)OCO4)C2=O)cc1. The smallest absolute Gasteiger partial charge is 0.316 e. The topological polar surface area (TPSA) is 140 Å². The number of carbonyl (C=O) groups excluding carboxylic acids is 4. The molecule has 1 fully saturated rings. The van der Waals surface area contributed by atoms with E-state index in [1.54, 1.807) is 24.3 Å². The van der Waals surface area contributed by atoms with Gasteiger partial charge < -0.3 is 25.8 Å². The minimum atomic E-state index is -0.702. The molecule has 2 aromatic carbocycles. The molecule has 0 saturated carbocycles. The maximum absolute atomic E-state index is 12.6. The Balaban J connectivity index is 1.33. The van der Waals surface area contributed by atoms with Crippen LogP contribution in [0, 0.1) is 0 Å². The lowest BCUT2D eigenvalue weighted by Crippen LogP contribution is -2.37. The molecule has 32 heavy (non-hydrogen) atoms. The molecule has 2 aliphatic heterocycles. The molecule has 0 aliphatic carbocycles. The van der Waals surface area contributed by atoms with Gasteiger partial charge in [0.25, 0.3) is 17.1 Å². The molecule has 0 spiro atoms. The monoisotopic (exact) mass is 454 g/mol. The van der Waals surface area contributed by atoms with Gasteiger partial charge in [-0.15, -0.1) is 0 Å². The van der Waals surface area contributed by atoms with E-state index in [0.29, 0.717) is 28.3 Å². The zero-order valence-electron chi connectivity index (χ0n) is 16.6. The van der Waals surface area contributed by atoms with E-state index >= 15 is 0 Å². The number of hydrogen-bond acceptors (Lipinski definition) is 7. The molecule has 0 radical (unpaired) electrons. The number of nitrogens with zero attached hydrogens (tertiary/aromatic N) is 1. The first-order chi connectivity index (χ1) is 15.4. The molecule has 2 heterocycles. The quantitative estimate of drug-likeness (QED) is 0.569. The van der Waals surface area contributed by atoms with Gasteiger partial charge >= 0.3 is 6.03 Å². The summed E-state index contributed by atoms with van der Waals surface area (Å²) in [6.07, 6.45) is 1.62. The Bertz CT molecular complexity index is 1130. The van der Waals surface area contributed by atoms with Crippen LogP contribution in [0.15, 0.2) is 47.4 Å². The number of carbonyl (C=O) groups is 4. The number of benzene rings is 2. The average molecular weight is 454 g/mol. The van der Waals surface area contributed by atoms with Crippen LogP contribution >= 0.6 is 11.8 Å². The fourth-order valence-electron chi connectivity index (χ4n) is 3.08. The van der Waals surface area contributed by atoms with Crippen molar-refractivity contribution in [3.63, 3.8) is 0 Å². The first kappa shape index (κ1) is 21.2. The lowest BCUT2D eigenvalue weighted by Gasteiger charge is -2.13. The van der Waals surface area contributed by atoms with Gasteiger partial charge in [0.05, 0.1) is 4.91 Å². The summed E-state index contributed by atoms with van der Waals surface area (Å²) >= 11 is 0.841. The van der Waals surface area contributed by atoms with Crippen molar-refractivity contribution in [1.82, 2.24) is 10.2 Å². The van der Waals surface area contributed by atoms with Crippen LogP contribution in [0.5, 0.6) is 11.5 Å². The molecule has 5 amide bonds. The van der Waals surface area contributed by atoms with Crippen LogP contribution in [0.25, 0.3) is 6.08 Å². The number of imide groups is 1. The number of nitrogens with one attached hydrogen (secondary N) is 2. The third-order valence-corrected chi connectivity index (χ3v) is 5.51. The molecule has 0 bridgehead atoms. The predicted molar refractivity (Wildman–Crippen MR) is 117 cm³/mol. The summed E-state index contributed by atoms with van der Waals surface area (Å²) in [6, 6.07) is 10.7. The molecular weight excluding hydrogens is 436 g/mol. The number of thioether (sulfide) groups is 1. The Morgan fingerprint density at radius 3 is 2.59 bits per heavy atom. The lowest BCUT2D eigenvalue weighted by molar-refractivity contribution is -0.122. The minimum Gasteiger partial charge on any atom is -0.454 e. The van der Waals surface area contributed by atoms with Crippen molar-refractivity contribution in [2.45, 2.75) is 0 Å². The number of nitrogens with two attached hydrogens (primary N) is 1. The van der Waals surface area contributed by atoms with Gasteiger partial charge in [-0.2, -0.15) is 0 Å². The van der Waals surface area contributed by atoms with Crippen LogP contribution in [0.2, 0.25) is 0 Å². The normalized spacial score (nSPS) is 15.9. The number of hydrogen-bond donors (Lipinski definition) is 3. The second kappa shape index (κ2) is 9.02. The van der Waals surface area contributed by atoms with Gasteiger partial charge in [-0.25, -0.2) is 4.79 Å². The molecular formula is C21H18N4O6S. The first-order valence-corrected chi connectivity index (χ1v) is 10.3. The van der Waals surface area contributed by atoms with E-state index in [9.17, 15) is 19.2 Å². The Morgan fingerprint density at radius 2 is 1.84 bits per heavy atom. The number of ether oxygens (including phenoxy) is 2. The number of fused-ring (bicyclic) bond motifs is 1. The molecule has 1 saturated heterocycles. The van der Waals surface area contributed by atoms with E-state index in [2.05, 4.69) is 10.6 Å². The molecule has 0 unspecified atom stereocenters. The van der Waals surface area contributed by atoms with Gasteiger partial charge in [0.15, 0.2) is 11.5 Å². The summed E-state index contributed by atoms with van der Waals surface area (Å²) in [5.74, 6) is 0.413. The number of anilines is 1. The molecule has 164 valence electrons. The van der Waals surface area contributed by atoms with E-state index in [1.165, 1.54) is 24.3 Å². The Morgan fingerprint density at radius 1 is 1.09 bits per heavy atom. The van der Waals surface area contributed by atoms with Crippen LogP contribution in [-0.4, -0.2) is 47.9 Å². The minimum absolute atomic E-state index is 0.0379. The van der Waals surface area contributed by atoms with Crippen molar-refractivity contribution >= 4 is 46.6 Å². The third kappa shape index (κ3) is 4.67. The molecule has 4 rings (SSSR count). The van der Waals surface area contributed by atoms with Crippen molar-refractivity contribution < 1.29 is 28.7 Å². The van der Waals surface area contributed by atoms with Gasteiger partial charge in [-0.05, 0) is 59.8 Å². The van der Waals surface area contributed by atoms with E-state index < -0.39 is 17.2 Å². The second-order valence-corrected chi connectivity index (χ2v) is 7.76. The summed E-state index contributed by atoms with van der Waals surface area (Å²) in [5, 5.41) is 4.66. The Labute approximate surface area is 186 Å². The summed E-state index contributed by atoms with van der Waals surface area (Å²) in [6.45, 7) is 0.279. The Kier molecular flexibility index (Phi) is 5.99. The highest BCUT2D eigenvalue weighted by molar-refractivity contribution is 8.18. The number of primary amides is 1. The highest BCUT2D eigenvalue weighted by Crippen LogP contribution is 2.36. The third-order valence-electron chi connectivity index (χ3n) is 4.60. The molecule has 0 atom stereocenters. The highest BCUT2D eigenvalue weighted by atomic mass is 32.2. The summed E-state index contributed by atoms with van der Waals surface area (Å²) in [7, 11) is 0. The average Bonchev–Trinajstić information content (AvgIpc) is 3.33. The zero-order chi connectivity index (χ0) is 22.7. The largest absolute Gasteiger partial charge is 0.454 e. The van der Waals surface area contributed by atoms with Gasteiger partial charge in [0, 0.05) is 24.3 Å². The predicted octanol–water partition coefficient (Wildman–Crippen LogP) is 2.37.